The first-order chi connectivity index (χ1) is 12.0. The third-order valence-electron chi connectivity index (χ3n) is 3.62. The summed E-state index contributed by atoms with van der Waals surface area (Å²) in [5.41, 5.74) is 2.18. The van der Waals surface area contributed by atoms with Gasteiger partial charge in [-0.1, -0.05) is 18.2 Å². The Hall–Kier alpha value is -3.41. The van der Waals surface area contributed by atoms with Crippen LogP contribution in [0, 0.1) is 0 Å². The van der Waals surface area contributed by atoms with E-state index in [2.05, 4.69) is 15.3 Å². The largest absolute Gasteiger partial charge is 0.302 e. The van der Waals surface area contributed by atoms with Crippen LogP contribution in [0.3, 0.4) is 0 Å². The van der Waals surface area contributed by atoms with Crippen LogP contribution in [0.15, 0.2) is 64.6 Å². The molecular weight excluding hydrogens is 318 g/mol. The SMILES string of the molecule is CC(=O)c1ccc(N=C2CC(=O)C(=O)NC2=Nc2ccccc2)cc1. The second-order valence-electron chi connectivity index (χ2n) is 5.51. The number of nitrogens with one attached hydrogen (secondary N) is 1. The maximum Gasteiger partial charge on any atom is 0.293 e. The topological polar surface area (TPSA) is 88.0 Å². The molecule has 1 aliphatic heterocycles. The number of nitrogens with zero attached hydrogens (tertiary/aromatic N) is 2. The third kappa shape index (κ3) is 3.92. The van der Waals surface area contributed by atoms with E-state index in [4.69, 9.17) is 0 Å². The van der Waals surface area contributed by atoms with Crippen LogP contribution >= 0.6 is 0 Å². The van der Waals surface area contributed by atoms with Crippen molar-refractivity contribution in [2.45, 2.75) is 13.3 Å². The zero-order valence-corrected chi connectivity index (χ0v) is 13.5. The number of piperidine rings is 1. The third-order valence-corrected chi connectivity index (χ3v) is 3.62. The number of ketones is 2. The van der Waals surface area contributed by atoms with Gasteiger partial charge in [0.25, 0.3) is 5.91 Å². The van der Waals surface area contributed by atoms with Gasteiger partial charge in [0.1, 0.15) is 0 Å². The number of hydrogen-bond donors (Lipinski definition) is 1. The first kappa shape index (κ1) is 16.4. The number of amidine groups is 1. The van der Waals surface area contributed by atoms with Crippen molar-refractivity contribution in [3.05, 3.63) is 60.2 Å². The molecule has 6 heteroatoms. The quantitative estimate of drug-likeness (QED) is 0.692. The van der Waals surface area contributed by atoms with Crippen molar-refractivity contribution in [2.24, 2.45) is 9.98 Å². The van der Waals surface area contributed by atoms with Crippen molar-refractivity contribution in [1.82, 2.24) is 5.32 Å². The minimum atomic E-state index is -0.694. The highest BCUT2D eigenvalue weighted by Gasteiger charge is 2.28. The van der Waals surface area contributed by atoms with Gasteiger partial charge in [-0.05, 0) is 43.3 Å². The first-order valence-electron chi connectivity index (χ1n) is 7.70. The van der Waals surface area contributed by atoms with Crippen molar-refractivity contribution in [1.29, 1.82) is 0 Å². The number of carbonyl (C=O) groups is 3. The Bertz CT molecular complexity index is 897. The second-order valence-corrected chi connectivity index (χ2v) is 5.51. The predicted octanol–water partition coefficient (Wildman–Crippen LogP) is 2.78. The summed E-state index contributed by atoms with van der Waals surface area (Å²) in [4.78, 5) is 43.5. The molecule has 0 unspecified atom stereocenters. The standard InChI is InChI=1S/C19H15N3O3/c1-12(23)13-7-9-15(10-8-13)20-16-11-17(24)19(25)22-18(16)21-14-5-3-2-4-6-14/h2-10H,11H2,1H3,(H,21,22,25). The van der Waals surface area contributed by atoms with Crippen molar-refractivity contribution >= 4 is 40.4 Å². The van der Waals surface area contributed by atoms with E-state index in [1.165, 1.54) is 6.92 Å². The highest BCUT2D eigenvalue weighted by molar-refractivity contribution is 6.59. The number of rotatable bonds is 3. The summed E-state index contributed by atoms with van der Waals surface area (Å²) in [6.07, 6.45) is -0.119. The predicted molar refractivity (Wildman–Crippen MR) is 94.8 cm³/mol. The van der Waals surface area contributed by atoms with Gasteiger partial charge in [-0.2, -0.15) is 0 Å². The van der Waals surface area contributed by atoms with E-state index in [0.717, 1.165) is 0 Å². The average Bonchev–Trinajstić information content (AvgIpc) is 2.60. The molecule has 0 radical (unpaired) electrons. The number of carbonyl (C=O) groups excluding carboxylic acids is 3. The van der Waals surface area contributed by atoms with E-state index in [9.17, 15) is 14.4 Å². The summed E-state index contributed by atoms with van der Waals surface area (Å²) in [5, 5.41) is 2.49. The minimum absolute atomic E-state index is 0.0364. The molecule has 0 bridgehead atoms. The molecule has 124 valence electrons. The lowest BCUT2D eigenvalue weighted by Crippen LogP contribution is -2.47. The van der Waals surface area contributed by atoms with Crippen LogP contribution in [-0.4, -0.2) is 29.0 Å². The van der Waals surface area contributed by atoms with E-state index in [1.54, 1.807) is 36.4 Å². The molecule has 1 N–H and O–H groups in total. The fourth-order valence-electron chi connectivity index (χ4n) is 2.31. The van der Waals surface area contributed by atoms with E-state index in [0.29, 0.717) is 22.6 Å². The maximum atomic E-state index is 11.7. The number of hydrogen-bond acceptors (Lipinski definition) is 5. The molecule has 1 heterocycles. The second kappa shape index (κ2) is 7.00. The lowest BCUT2D eigenvalue weighted by atomic mass is 10.1. The molecule has 0 aliphatic carbocycles. The Morgan fingerprint density at radius 2 is 1.56 bits per heavy atom. The van der Waals surface area contributed by atoms with Crippen molar-refractivity contribution in [2.75, 3.05) is 0 Å². The Balaban J connectivity index is 1.97. The van der Waals surface area contributed by atoms with Crippen LogP contribution < -0.4 is 5.32 Å². The number of aliphatic imine (C=N–C) groups is 2. The summed E-state index contributed by atoms with van der Waals surface area (Å²) in [6, 6.07) is 15.8. The van der Waals surface area contributed by atoms with Gasteiger partial charge < -0.3 is 5.32 Å². The van der Waals surface area contributed by atoms with Gasteiger partial charge in [0.2, 0.25) is 5.78 Å². The highest BCUT2D eigenvalue weighted by atomic mass is 16.2. The van der Waals surface area contributed by atoms with Gasteiger partial charge in [0.15, 0.2) is 11.6 Å². The Kier molecular flexibility index (Phi) is 4.61. The molecule has 2 aromatic carbocycles. The molecule has 1 saturated heterocycles. The highest BCUT2D eigenvalue weighted by Crippen LogP contribution is 2.17. The molecule has 0 aromatic heterocycles. The monoisotopic (exact) mass is 333 g/mol. The van der Waals surface area contributed by atoms with Gasteiger partial charge in [-0.15, -0.1) is 0 Å². The molecule has 3 rings (SSSR count). The number of benzene rings is 2. The van der Waals surface area contributed by atoms with Crippen molar-refractivity contribution < 1.29 is 14.4 Å². The van der Waals surface area contributed by atoms with Gasteiger partial charge in [-0.25, -0.2) is 9.98 Å². The average molecular weight is 333 g/mol. The summed E-state index contributed by atoms with van der Waals surface area (Å²) >= 11 is 0. The van der Waals surface area contributed by atoms with Crippen molar-refractivity contribution in [3.8, 4) is 0 Å². The fraction of sp³-hybridized carbons (Fsp3) is 0.105. The molecule has 0 saturated carbocycles. The van der Waals surface area contributed by atoms with Gasteiger partial charge in [0, 0.05) is 5.56 Å². The fourth-order valence-corrected chi connectivity index (χ4v) is 2.31. The Labute approximate surface area is 144 Å². The molecule has 1 aliphatic rings. The zero-order valence-electron chi connectivity index (χ0n) is 13.5. The number of amides is 1. The summed E-state index contributed by atoms with van der Waals surface area (Å²) < 4.78 is 0. The van der Waals surface area contributed by atoms with Crippen LogP contribution in [-0.2, 0) is 9.59 Å². The number of para-hydroxylation sites is 1. The van der Waals surface area contributed by atoms with Crippen LogP contribution in [0.2, 0.25) is 0 Å². The van der Waals surface area contributed by atoms with Gasteiger partial charge >= 0.3 is 0 Å². The van der Waals surface area contributed by atoms with Crippen LogP contribution in [0.4, 0.5) is 11.4 Å². The summed E-state index contributed by atoms with van der Waals surface area (Å²) in [7, 11) is 0. The molecule has 1 amide bonds. The summed E-state index contributed by atoms with van der Waals surface area (Å²) in [6.45, 7) is 1.49. The summed E-state index contributed by atoms with van der Waals surface area (Å²) in [5.74, 6) is -1.04. The zero-order chi connectivity index (χ0) is 17.8. The van der Waals surface area contributed by atoms with Crippen LogP contribution in [0.5, 0.6) is 0 Å². The molecule has 0 spiro atoms. The van der Waals surface area contributed by atoms with Gasteiger partial charge in [-0.3, -0.25) is 14.4 Å². The van der Waals surface area contributed by atoms with E-state index in [-0.39, 0.29) is 18.0 Å². The smallest absolute Gasteiger partial charge is 0.293 e. The normalized spacial score (nSPS) is 17.6. The molecule has 6 nitrogen and oxygen atoms in total. The van der Waals surface area contributed by atoms with E-state index in [1.807, 2.05) is 18.2 Å². The lowest BCUT2D eigenvalue weighted by molar-refractivity contribution is -0.136. The Morgan fingerprint density at radius 3 is 2.20 bits per heavy atom. The van der Waals surface area contributed by atoms with Crippen molar-refractivity contribution in [3.63, 3.8) is 0 Å². The first-order valence-corrected chi connectivity index (χ1v) is 7.70. The molecule has 0 atom stereocenters. The van der Waals surface area contributed by atoms with E-state index >= 15 is 0 Å². The molecular formula is C19H15N3O3. The lowest BCUT2D eigenvalue weighted by Gasteiger charge is -2.16. The van der Waals surface area contributed by atoms with Crippen LogP contribution in [0.1, 0.15) is 23.7 Å². The Morgan fingerprint density at radius 1 is 0.920 bits per heavy atom. The molecule has 2 aromatic rings. The minimum Gasteiger partial charge on any atom is -0.302 e. The van der Waals surface area contributed by atoms with Crippen LogP contribution in [0.25, 0.3) is 0 Å². The van der Waals surface area contributed by atoms with E-state index < -0.39 is 11.7 Å². The molecule has 1 fully saturated rings. The number of Topliss-reactive ketones (excluding diaryl/α,β-unsaturated/α-hetero) is 2. The van der Waals surface area contributed by atoms with Gasteiger partial charge in [0.05, 0.1) is 23.5 Å². The molecule has 25 heavy (non-hydrogen) atoms. The maximum absolute atomic E-state index is 11.7.